The van der Waals surface area contributed by atoms with Crippen molar-refractivity contribution in [3.63, 3.8) is 0 Å². The Hall–Kier alpha value is -4.71. The van der Waals surface area contributed by atoms with Gasteiger partial charge < -0.3 is 26.3 Å². The number of rotatable bonds is 6. The minimum absolute atomic E-state index is 0.0181. The summed E-state index contributed by atoms with van der Waals surface area (Å²) < 4.78 is 45.2. The normalized spacial score (nSPS) is 17.5. The van der Waals surface area contributed by atoms with Crippen LogP contribution in [0, 0.1) is 11.3 Å². The van der Waals surface area contributed by atoms with Crippen LogP contribution < -0.4 is 21.5 Å². The Morgan fingerprint density at radius 1 is 1.02 bits per heavy atom. The summed E-state index contributed by atoms with van der Waals surface area (Å²) in [6, 6.07) is 12.2. The molecule has 240 valence electrons. The number of aromatic nitrogens is 2. The summed E-state index contributed by atoms with van der Waals surface area (Å²) in [5.41, 5.74) is 6.43. The van der Waals surface area contributed by atoms with Gasteiger partial charge in [0, 0.05) is 71.8 Å². The van der Waals surface area contributed by atoms with Gasteiger partial charge in [-0.1, -0.05) is 6.07 Å². The molecule has 2 aliphatic rings. The van der Waals surface area contributed by atoms with Crippen LogP contribution in [0.2, 0.25) is 0 Å². The number of nitrogens with two attached hydrogens (primary N) is 1. The maximum Gasteiger partial charge on any atom is 0.418 e. The first-order valence-corrected chi connectivity index (χ1v) is 15.4. The number of nitrogens with one attached hydrogen (secondary N) is 2. The predicted octanol–water partition coefficient (Wildman–Crippen LogP) is 4.93. The highest BCUT2D eigenvalue weighted by atomic mass is 19.4. The van der Waals surface area contributed by atoms with E-state index in [0.29, 0.717) is 58.9 Å². The van der Waals surface area contributed by atoms with Gasteiger partial charge in [0.05, 0.1) is 22.3 Å². The fraction of sp³-hybridized carbons (Fsp3) is 0.353. The molecular weight excluding hydrogens is 595 g/mol. The smallest absolute Gasteiger partial charge is 0.404 e. The minimum atomic E-state index is -4.69. The van der Waals surface area contributed by atoms with Crippen LogP contribution in [0.25, 0.3) is 33.1 Å². The lowest BCUT2D eigenvalue weighted by Gasteiger charge is -2.36. The average molecular weight is 632 g/mol. The quantitative estimate of drug-likeness (QED) is 0.205. The van der Waals surface area contributed by atoms with Crippen LogP contribution in [-0.4, -0.2) is 65.8 Å². The van der Waals surface area contributed by atoms with E-state index < -0.39 is 17.3 Å². The highest BCUT2D eigenvalue weighted by Gasteiger charge is 2.37. The molecule has 4 N–H and O–H groups in total. The number of alkyl halides is 3. The first-order valence-electron chi connectivity index (χ1n) is 15.4. The largest absolute Gasteiger partial charge is 0.418 e. The number of halogens is 3. The molecule has 2 aromatic carbocycles. The molecule has 2 saturated heterocycles. The number of carbonyl (C=O) groups excluding carboxylic acids is 1. The van der Waals surface area contributed by atoms with E-state index in [1.807, 2.05) is 0 Å². The van der Waals surface area contributed by atoms with Gasteiger partial charge in [-0.05, 0) is 87.8 Å². The third-order valence-corrected chi connectivity index (χ3v) is 9.20. The monoisotopic (exact) mass is 631 g/mol. The number of pyridine rings is 2. The minimum Gasteiger partial charge on any atom is -0.404 e. The summed E-state index contributed by atoms with van der Waals surface area (Å²) in [7, 11) is 2.06. The molecule has 4 aromatic rings. The van der Waals surface area contributed by atoms with E-state index in [1.165, 1.54) is 29.0 Å². The summed E-state index contributed by atoms with van der Waals surface area (Å²) in [5, 5.41) is 11.9. The number of hydrogen-bond donors (Lipinski definition) is 3. The lowest BCUT2D eigenvalue weighted by atomic mass is 9.94. The molecule has 46 heavy (non-hydrogen) atoms. The van der Waals surface area contributed by atoms with E-state index in [1.54, 1.807) is 35.4 Å². The maximum absolute atomic E-state index is 14.6. The van der Waals surface area contributed by atoms with Crippen LogP contribution in [0.5, 0.6) is 0 Å². The second-order valence-corrected chi connectivity index (χ2v) is 12.1. The van der Waals surface area contributed by atoms with E-state index in [9.17, 15) is 22.8 Å². The summed E-state index contributed by atoms with van der Waals surface area (Å²) in [5.74, 6) is -0.261. The van der Waals surface area contributed by atoms with Crippen molar-refractivity contribution >= 4 is 45.2 Å². The molecule has 0 bridgehead atoms. The van der Waals surface area contributed by atoms with E-state index in [0.717, 1.165) is 38.2 Å². The second kappa shape index (κ2) is 12.6. The first-order chi connectivity index (χ1) is 22.1. The zero-order valence-corrected chi connectivity index (χ0v) is 25.5. The standard InChI is InChI=1S/C34H36F3N7O2/c1-42-12-10-25(11-13-42)41-33(46)21-8-14-43(15-9-21)30-6-4-26(17-28(30)34(35,36)37)44-31(45)7-3-23-20-40-29-5-2-22(24(18-38)19-39)16-27(29)32(23)44/h2-7,16-21,25,38H,8-15,39H2,1H3,(H,41,46)/b24-19+,38-18?. The van der Waals surface area contributed by atoms with E-state index in [4.69, 9.17) is 11.1 Å². The number of hydrogen-bond acceptors (Lipinski definition) is 7. The topological polar surface area (TPSA) is 120 Å². The molecule has 2 fully saturated rings. The van der Waals surface area contributed by atoms with Gasteiger partial charge in [-0.25, -0.2) is 0 Å². The van der Waals surface area contributed by atoms with Crippen LogP contribution in [-0.2, 0) is 11.0 Å². The number of benzene rings is 2. The van der Waals surface area contributed by atoms with Crippen LogP contribution >= 0.6 is 0 Å². The fourth-order valence-corrected chi connectivity index (χ4v) is 6.60. The molecule has 0 atom stereocenters. The Morgan fingerprint density at radius 3 is 2.43 bits per heavy atom. The van der Waals surface area contributed by atoms with Crippen molar-refractivity contribution in [2.75, 3.05) is 38.1 Å². The highest BCUT2D eigenvalue weighted by molar-refractivity contribution is 6.11. The van der Waals surface area contributed by atoms with E-state index >= 15 is 0 Å². The van der Waals surface area contributed by atoms with Crippen molar-refractivity contribution in [1.82, 2.24) is 19.8 Å². The molecule has 9 nitrogen and oxygen atoms in total. The van der Waals surface area contributed by atoms with Gasteiger partial charge in [0.2, 0.25) is 5.91 Å². The Kier molecular flexibility index (Phi) is 8.56. The molecule has 0 aliphatic carbocycles. The van der Waals surface area contributed by atoms with Crippen molar-refractivity contribution in [2.45, 2.75) is 37.9 Å². The predicted molar refractivity (Wildman–Crippen MR) is 174 cm³/mol. The van der Waals surface area contributed by atoms with Crippen molar-refractivity contribution in [3.05, 3.63) is 82.4 Å². The molecule has 6 rings (SSSR count). The maximum atomic E-state index is 14.6. The number of likely N-dealkylation sites (tertiary alicyclic amines) is 1. The average Bonchev–Trinajstić information content (AvgIpc) is 3.05. The van der Waals surface area contributed by atoms with Crippen LogP contribution in [0.3, 0.4) is 0 Å². The number of anilines is 1. The fourth-order valence-electron chi connectivity index (χ4n) is 6.60. The third kappa shape index (κ3) is 6.09. The second-order valence-electron chi connectivity index (χ2n) is 12.1. The molecule has 0 spiro atoms. The Balaban J connectivity index is 1.34. The molecule has 2 aliphatic heterocycles. The lowest BCUT2D eigenvalue weighted by molar-refractivity contribution is -0.137. The first kappa shape index (κ1) is 31.3. The third-order valence-electron chi connectivity index (χ3n) is 9.20. The number of nitrogens with zero attached hydrogens (tertiary/aromatic N) is 4. The van der Waals surface area contributed by atoms with Crippen molar-refractivity contribution in [2.24, 2.45) is 11.7 Å². The van der Waals surface area contributed by atoms with Gasteiger partial charge in [0.1, 0.15) is 0 Å². The Bertz CT molecular complexity index is 1890. The van der Waals surface area contributed by atoms with Gasteiger partial charge in [-0.3, -0.25) is 19.1 Å². The number of allylic oxidation sites excluding steroid dienone is 1. The zero-order valence-electron chi connectivity index (χ0n) is 25.5. The molecule has 0 radical (unpaired) electrons. The zero-order chi connectivity index (χ0) is 32.6. The number of amides is 1. The molecular formula is C34H36F3N7O2. The Morgan fingerprint density at radius 2 is 1.76 bits per heavy atom. The molecule has 0 unspecified atom stereocenters. The van der Waals surface area contributed by atoms with Gasteiger partial charge in [0.15, 0.2) is 0 Å². The van der Waals surface area contributed by atoms with Gasteiger partial charge in [0.25, 0.3) is 5.56 Å². The molecule has 12 heteroatoms. The van der Waals surface area contributed by atoms with Gasteiger partial charge in [-0.15, -0.1) is 0 Å². The molecule has 4 heterocycles. The van der Waals surface area contributed by atoms with Crippen LogP contribution in [0.4, 0.5) is 18.9 Å². The van der Waals surface area contributed by atoms with Crippen LogP contribution in [0.1, 0.15) is 36.8 Å². The highest BCUT2D eigenvalue weighted by Crippen LogP contribution is 2.40. The van der Waals surface area contributed by atoms with Gasteiger partial charge in [-0.2, -0.15) is 13.2 Å². The van der Waals surface area contributed by atoms with Crippen LogP contribution in [0.15, 0.2) is 65.7 Å². The number of carbonyl (C=O) groups is 1. The molecule has 2 aromatic heterocycles. The van der Waals surface area contributed by atoms with Crippen molar-refractivity contribution in [1.29, 1.82) is 5.41 Å². The Labute approximate surface area is 264 Å². The number of piperidine rings is 2. The molecule has 1 amide bonds. The summed E-state index contributed by atoms with van der Waals surface area (Å²) in [6.45, 7) is 2.47. The van der Waals surface area contributed by atoms with Gasteiger partial charge >= 0.3 is 6.18 Å². The summed E-state index contributed by atoms with van der Waals surface area (Å²) in [6.07, 6.45) is 1.98. The van der Waals surface area contributed by atoms with Crippen molar-refractivity contribution in [3.8, 4) is 5.69 Å². The number of fused-ring (bicyclic) bond motifs is 3. The van der Waals surface area contributed by atoms with E-state index in [-0.39, 0.29) is 29.2 Å². The SMILES string of the molecule is CN1CCC(NC(=O)C2CCN(c3ccc(-n4c(=O)ccc5cnc6ccc(/C(C=N)=C/N)cc6c54)cc3C(F)(F)F)CC2)CC1. The summed E-state index contributed by atoms with van der Waals surface area (Å²) in [4.78, 5) is 34.7. The van der Waals surface area contributed by atoms with Crippen molar-refractivity contribution < 1.29 is 18.0 Å². The summed E-state index contributed by atoms with van der Waals surface area (Å²) >= 11 is 0. The lowest BCUT2D eigenvalue weighted by Crippen LogP contribution is -2.47. The molecule has 0 saturated carbocycles. The van der Waals surface area contributed by atoms with E-state index in [2.05, 4.69) is 22.2 Å².